The minimum atomic E-state index is -3.61. The molecule has 2 aromatic rings. The topological polar surface area (TPSA) is 64.6 Å². The average molecular weight is 418 g/mol. The first-order valence-electron chi connectivity index (χ1n) is 10.2. The maximum Gasteiger partial charge on any atom is 0.184 e. The fourth-order valence-electron chi connectivity index (χ4n) is 4.27. The Hall–Kier alpha value is -2.05. The minimum Gasteiger partial charge on any atom is -0.493 e. The molecule has 0 aromatic heterocycles. The standard InChI is InChI=1S/C23H31NO4S/c1-5-7-15-23(6-2)16-29(25,26)22-18(13-14-19(27-3)21(22)28-4)20(24-23)17-11-9-8-10-12-17/h8-14,20,24H,5-7,15-16H2,1-4H3/t20-,23-/m0/s1. The quantitative estimate of drug-likeness (QED) is 0.718. The van der Waals surface area contributed by atoms with Crippen molar-refractivity contribution in [3.05, 3.63) is 53.6 Å². The molecule has 1 heterocycles. The van der Waals surface area contributed by atoms with Crippen molar-refractivity contribution in [2.24, 2.45) is 0 Å². The van der Waals surface area contributed by atoms with E-state index in [0.29, 0.717) is 11.3 Å². The molecule has 2 atom stereocenters. The molecule has 0 bridgehead atoms. The highest BCUT2D eigenvalue weighted by Crippen LogP contribution is 2.45. The lowest BCUT2D eigenvalue weighted by Gasteiger charge is -2.35. The van der Waals surface area contributed by atoms with Gasteiger partial charge in [0.05, 0.1) is 26.0 Å². The van der Waals surface area contributed by atoms with E-state index < -0.39 is 15.4 Å². The van der Waals surface area contributed by atoms with E-state index in [1.807, 2.05) is 36.4 Å². The van der Waals surface area contributed by atoms with Crippen LogP contribution in [0, 0.1) is 0 Å². The van der Waals surface area contributed by atoms with E-state index in [4.69, 9.17) is 9.47 Å². The summed E-state index contributed by atoms with van der Waals surface area (Å²) >= 11 is 0. The lowest BCUT2D eigenvalue weighted by molar-refractivity contribution is 0.294. The van der Waals surface area contributed by atoms with Gasteiger partial charge in [0.1, 0.15) is 4.90 Å². The highest BCUT2D eigenvalue weighted by molar-refractivity contribution is 7.91. The largest absolute Gasteiger partial charge is 0.493 e. The highest BCUT2D eigenvalue weighted by atomic mass is 32.2. The van der Waals surface area contributed by atoms with Crippen LogP contribution in [-0.2, 0) is 9.84 Å². The van der Waals surface area contributed by atoms with E-state index in [-0.39, 0.29) is 22.4 Å². The predicted octanol–water partition coefficient (Wildman–Crippen LogP) is 4.51. The fourth-order valence-corrected chi connectivity index (χ4v) is 6.59. The Balaban J connectivity index is 2.30. The van der Waals surface area contributed by atoms with Gasteiger partial charge in [-0.15, -0.1) is 0 Å². The third-order valence-electron chi connectivity index (χ3n) is 5.89. The summed E-state index contributed by atoms with van der Waals surface area (Å²) in [4.78, 5) is 0.243. The molecule has 1 aliphatic rings. The van der Waals surface area contributed by atoms with Crippen LogP contribution < -0.4 is 14.8 Å². The van der Waals surface area contributed by atoms with Gasteiger partial charge >= 0.3 is 0 Å². The van der Waals surface area contributed by atoms with E-state index in [2.05, 4.69) is 19.2 Å². The highest BCUT2D eigenvalue weighted by Gasteiger charge is 2.43. The summed E-state index contributed by atoms with van der Waals surface area (Å²) in [6.07, 6.45) is 3.51. The Bertz CT molecular complexity index is 943. The number of hydrogen-bond donors (Lipinski definition) is 1. The third kappa shape index (κ3) is 4.14. The van der Waals surface area contributed by atoms with Crippen LogP contribution in [-0.4, -0.2) is 33.9 Å². The molecule has 0 radical (unpaired) electrons. The van der Waals surface area contributed by atoms with Gasteiger partial charge < -0.3 is 9.47 Å². The maximum absolute atomic E-state index is 13.7. The zero-order valence-electron chi connectivity index (χ0n) is 17.7. The van der Waals surface area contributed by atoms with Crippen LogP contribution in [0.2, 0.25) is 0 Å². The first kappa shape index (κ1) is 21.7. The fraction of sp³-hybridized carbons (Fsp3) is 0.478. The van der Waals surface area contributed by atoms with E-state index in [0.717, 1.165) is 31.2 Å². The molecule has 29 heavy (non-hydrogen) atoms. The van der Waals surface area contributed by atoms with Crippen molar-refractivity contribution in [1.29, 1.82) is 0 Å². The van der Waals surface area contributed by atoms with Gasteiger partial charge in [-0.05, 0) is 30.0 Å². The molecular weight excluding hydrogens is 386 g/mol. The van der Waals surface area contributed by atoms with Crippen LogP contribution in [0.1, 0.15) is 56.7 Å². The molecule has 158 valence electrons. The SMILES string of the molecule is CCCC[C@@]1(CC)CS(=O)(=O)c2c(ccc(OC)c2OC)[C@H](c2ccccc2)N1. The van der Waals surface area contributed by atoms with Crippen molar-refractivity contribution in [2.45, 2.75) is 56.0 Å². The smallest absolute Gasteiger partial charge is 0.184 e. The average Bonchev–Trinajstić information content (AvgIpc) is 2.84. The molecule has 0 unspecified atom stereocenters. The second-order valence-corrected chi connectivity index (χ2v) is 9.63. The number of unbranched alkanes of at least 4 members (excludes halogenated alkanes) is 1. The number of rotatable bonds is 7. The van der Waals surface area contributed by atoms with Crippen molar-refractivity contribution in [3.63, 3.8) is 0 Å². The van der Waals surface area contributed by atoms with E-state index in [1.165, 1.54) is 14.2 Å². The van der Waals surface area contributed by atoms with Crippen molar-refractivity contribution >= 4 is 9.84 Å². The number of ether oxygens (including phenoxy) is 2. The van der Waals surface area contributed by atoms with Crippen LogP contribution in [0.3, 0.4) is 0 Å². The molecule has 0 spiro atoms. The van der Waals surface area contributed by atoms with Crippen LogP contribution in [0.15, 0.2) is 47.4 Å². The molecule has 1 N–H and O–H groups in total. The first-order chi connectivity index (χ1) is 13.9. The van der Waals surface area contributed by atoms with Gasteiger partial charge in [-0.2, -0.15) is 0 Å². The number of nitrogens with one attached hydrogen (secondary N) is 1. The molecule has 0 saturated heterocycles. The predicted molar refractivity (Wildman–Crippen MR) is 116 cm³/mol. The van der Waals surface area contributed by atoms with E-state index in [1.54, 1.807) is 6.07 Å². The third-order valence-corrected chi connectivity index (χ3v) is 7.86. The number of hydrogen-bond acceptors (Lipinski definition) is 5. The minimum absolute atomic E-state index is 0.0381. The molecular formula is C23H31NO4S. The molecule has 0 fully saturated rings. The Morgan fingerprint density at radius 2 is 1.79 bits per heavy atom. The van der Waals surface area contributed by atoms with Crippen molar-refractivity contribution in [2.75, 3.05) is 20.0 Å². The molecule has 5 nitrogen and oxygen atoms in total. The maximum atomic E-state index is 13.7. The number of benzene rings is 2. The van der Waals surface area contributed by atoms with Crippen LogP contribution in [0.5, 0.6) is 11.5 Å². The summed E-state index contributed by atoms with van der Waals surface area (Å²) in [6.45, 7) is 4.19. The van der Waals surface area contributed by atoms with Gasteiger partial charge in [-0.25, -0.2) is 8.42 Å². The van der Waals surface area contributed by atoms with E-state index in [9.17, 15) is 8.42 Å². The summed E-state index contributed by atoms with van der Waals surface area (Å²) in [5.41, 5.74) is 1.24. The normalized spacial score (nSPS) is 23.1. The lowest BCUT2D eigenvalue weighted by atomic mass is 9.88. The van der Waals surface area contributed by atoms with Gasteiger partial charge in [-0.3, -0.25) is 5.32 Å². The number of fused-ring (bicyclic) bond motifs is 1. The molecule has 0 aliphatic carbocycles. The first-order valence-corrected chi connectivity index (χ1v) is 11.9. The Morgan fingerprint density at radius 3 is 2.38 bits per heavy atom. The van der Waals surface area contributed by atoms with Crippen molar-refractivity contribution < 1.29 is 17.9 Å². The number of methoxy groups -OCH3 is 2. The van der Waals surface area contributed by atoms with Gasteiger partial charge in [0.2, 0.25) is 0 Å². The van der Waals surface area contributed by atoms with Crippen LogP contribution in [0.4, 0.5) is 0 Å². The van der Waals surface area contributed by atoms with Crippen LogP contribution in [0.25, 0.3) is 0 Å². The van der Waals surface area contributed by atoms with Crippen molar-refractivity contribution in [1.82, 2.24) is 5.32 Å². The molecule has 3 rings (SSSR count). The zero-order chi connectivity index (χ0) is 21.1. The molecule has 0 amide bonds. The van der Waals surface area contributed by atoms with Crippen molar-refractivity contribution in [3.8, 4) is 11.5 Å². The summed E-state index contributed by atoms with van der Waals surface area (Å²) in [7, 11) is -0.593. The van der Waals surface area contributed by atoms with Crippen LogP contribution >= 0.6 is 0 Å². The molecule has 1 aliphatic heterocycles. The number of sulfone groups is 1. The summed E-state index contributed by atoms with van der Waals surface area (Å²) in [5.74, 6) is 0.755. The second-order valence-electron chi connectivity index (χ2n) is 7.70. The molecule has 6 heteroatoms. The zero-order valence-corrected chi connectivity index (χ0v) is 18.5. The summed E-state index contributed by atoms with van der Waals surface area (Å²) < 4.78 is 38.3. The second kappa shape index (κ2) is 8.76. The van der Waals surface area contributed by atoms with Gasteiger partial charge in [0.15, 0.2) is 21.3 Å². The lowest BCUT2D eigenvalue weighted by Crippen LogP contribution is -2.50. The van der Waals surface area contributed by atoms with Gasteiger partial charge in [0, 0.05) is 5.54 Å². The Morgan fingerprint density at radius 1 is 1.07 bits per heavy atom. The summed E-state index contributed by atoms with van der Waals surface area (Å²) in [5, 5.41) is 3.76. The Kier molecular flexibility index (Phi) is 6.54. The van der Waals surface area contributed by atoms with Gasteiger partial charge in [0.25, 0.3) is 0 Å². The molecule has 0 saturated carbocycles. The Labute approximate surface area is 174 Å². The van der Waals surface area contributed by atoms with Gasteiger partial charge in [-0.1, -0.05) is 63.1 Å². The molecule has 2 aromatic carbocycles. The van der Waals surface area contributed by atoms with E-state index >= 15 is 0 Å². The monoisotopic (exact) mass is 417 g/mol. The summed E-state index contributed by atoms with van der Waals surface area (Å²) in [6, 6.07) is 13.4.